The second kappa shape index (κ2) is 4.54. The van der Waals surface area contributed by atoms with E-state index in [1.807, 2.05) is 0 Å². The summed E-state index contributed by atoms with van der Waals surface area (Å²) in [5.41, 5.74) is 1.40. The molecular formula is C10H8N2O2S2. The van der Waals surface area contributed by atoms with Crippen molar-refractivity contribution in [3.8, 4) is 11.4 Å². The van der Waals surface area contributed by atoms with E-state index >= 15 is 0 Å². The minimum absolute atomic E-state index is 0.349. The molecule has 1 aromatic heterocycles. The third-order valence-corrected chi connectivity index (χ3v) is 2.92. The number of benzene rings is 1. The molecule has 1 aromatic carbocycles. The lowest BCUT2D eigenvalue weighted by Crippen LogP contribution is -2.00. The molecular weight excluding hydrogens is 244 g/mol. The number of carbonyl (C=O) groups excluding carboxylic acids is 1. The van der Waals surface area contributed by atoms with Gasteiger partial charge in [0.05, 0.1) is 12.7 Å². The van der Waals surface area contributed by atoms with Crippen LogP contribution in [0, 0.1) is 3.95 Å². The number of esters is 1. The Hall–Kier alpha value is -1.53. The number of nitrogens with zero attached hydrogens (tertiary/aromatic N) is 1. The van der Waals surface area contributed by atoms with Crippen LogP contribution in [-0.2, 0) is 4.74 Å². The SMILES string of the molecule is COC(=O)c1ccc(-c2nc(=S)s[nH]2)cc1. The third kappa shape index (κ3) is 2.17. The van der Waals surface area contributed by atoms with Gasteiger partial charge in [0.15, 0.2) is 3.95 Å². The van der Waals surface area contributed by atoms with Crippen molar-refractivity contribution < 1.29 is 9.53 Å². The second-order valence-electron chi connectivity index (χ2n) is 3.00. The lowest BCUT2D eigenvalue weighted by molar-refractivity contribution is 0.0601. The van der Waals surface area contributed by atoms with Crippen LogP contribution in [0.15, 0.2) is 24.3 Å². The fourth-order valence-electron chi connectivity index (χ4n) is 1.23. The third-order valence-electron chi connectivity index (χ3n) is 2.02. The van der Waals surface area contributed by atoms with E-state index in [9.17, 15) is 4.79 Å². The first-order valence-corrected chi connectivity index (χ1v) is 5.67. The molecule has 16 heavy (non-hydrogen) atoms. The van der Waals surface area contributed by atoms with E-state index < -0.39 is 0 Å². The van der Waals surface area contributed by atoms with Crippen molar-refractivity contribution in [3.63, 3.8) is 0 Å². The molecule has 0 saturated heterocycles. The summed E-state index contributed by atoms with van der Waals surface area (Å²) in [6.07, 6.45) is 0. The molecule has 0 bridgehead atoms. The van der Waals surface area contributed by atoms with Crippen molar-refractivity contribution in [1.82, 2.24) is 9.36 Å². The maximum absolute atomic E-state index is 11.2. The van der Waals surface area contributed by atoms with Crippen LogP contribution in [0.5, 0.6) is 0 Å². The number of H-pyrrole nitrogens is 1. The van der Waals surface area contributed by atoms with E-state index in [1.54, 1.807) is 24.3 Å². The first-order valence-electron chi connectivity index (χ1n) is 4.45. The monoisotopic (exact) mass is 252 g/mol. The summed E-state index contributed by atoms with van der Waals surface area (Å²) in [5.74, 6) is 0.365. The molecule has 0 aliphatic heterocycles. The zero-order valence-corrected chi connectivity index (χ0v) is 10.0. The maximum atomic E-state index is 11.2. The summed E-state index contributed by atoms with van der Waals surface area (Å²) in [5, 5.41) is 0. The number of nitrogens with one attached hydrogen (secondary N) is 1. The zero-order chi connectivity index (χ0) is 11.5. The highest BCUT2D eigenvalue weighted by Crippen LogP contribution is 2.17. The molecule has 0 atom stereocenters. The van der Waals surface area contributed by atoms with Gasteiger partial charge in [-0.1, -0.05) is 12.1 Å². The van der Waals surface area contributed by atoms with Gasteiger partial charge >= 0.3 is 5.97 Å². The highest BCUT2D eigenvalue weighted by atomic mass is 32.2. The Morgan fingerprint density at radius 1 is 1.44 bits per heavy atom. The Morgan fingerprint density at radius 2 is 2.12 bits per heavy atom. The van der Waals surface area contributed by atoms with Gasteiger partial charge in [-0.05, 0) is 35.9 Å². The van der Waals surface area contributed by atoms with Crippen LogP contribution in [0.3, 0.4) is 0 Å². The standard InChI is InChI=1S/C10H8N2O2S2/c1-14-9(13)7-4-2-6(3-5-7)8-11-10(15)16-12-8/h2-5H,1H3,(H,11,12,15). The summed E-state index contributed by atoms with van der Waals surface area (Å²) in [7, 11) is 1.36. The smallest absolute Gasteiger partial charge is 0.337 e. The predicted molar refractivity (Wildman–Crippen MR) is 64.1 cm³/mol. The fraction of sp³-hybridized carbons (Fsp3) is 0.100. The number of carbonyl (C=O) groups is 1. The number of rotatable bonds is 2. The van der Waals surface area contributed by atoms with Gasteiger partial charge in [0.2, 0.25) is 0 Å². The topological polar surface area (TPSA) is 55.0 Å². The van der Waals surface area contributed by atoms with Gasteiger partial charge in [0, 0.05) is 5.56 Å². The average molecular weight is 252 g/mol. The van der Waals surface area contributed by atoms with Gasteiger partial charge in [0.25, 0.3) is 0 Å². The van der Waals surface area contributed by atoms with Gasteiger partial charge in [-0.25, -0.2) is 9.78 Å². The second-order valence-corrected chi connectivity index (χ2v) is 4.44. The summed E-state index contributed by atoms with van der Waals surface area (Å²) < 4.78 is 8.17. The molecule has 1 N–H and O–H groups in total. The molecule has 4 nitrogen and oxygen atoms in total. The van der Waals surface area contributed by atoms with Gasteiger partial charge in [-0.3, -0.25) is 4.37 Å². The number of aromatic nitrogens is 2. The molecule has 1 heterocycles. The number of methoxy groups -OCH3 is 1. The number of hydrogen-bond donors (Lipinski definition) is 1. The average Bonchev–Trinajstić information content (AvgIpc) is 2.75. The van der Waals surface area contributed by atoms with E-state index in [1.165, 1.54) is 18.6 Å². The lowest BCUT2D eigenvalue weighted by Gasteiger charge is -1.99. The number of aromatic amines is 1. The van der Waals surface area contributed by atoms with Gasteiger partial charge in [0.1, 0.15) is 5.82 Å². The van der Waals surface area contributed by atoms with Crippen molar-refractivity contribution >= 4 is 29.7 Å². The van der Waals surface area contributed by atoms with Gasteiger partial charge < -0.3 is 4.74 Å². The maximum Gasteiger partial charge on any atom is 0.337 e. The van der Waals surface area contributed by atoms with Gasteiger partial charge in [-0.2, -0.15) is 0 Å². The molecule has 2 rings (SSSR count). The van der Waals surface area contributed by atoms with Crippen molar-refractivity contribution in [2.45, 2.75) is 0 Å². The molecule has 2 aromatic rings. The molecule has 0 saturated carbocycles. The molecule has 0 unspecified atom stereocenters. The minimum Gasteiger partial charge on any atom is -0.465 e. The zero-order valence-electron chi connectivity index (χ0n) is 8.39. The van der Waals surface area contributed by atoms with Crippen LogP contribution in [-0.4, -0.2) is 22.4 Å². The van der Waals surface area contributed by atoms with E-state index in [4.69, 9.17) is 12.2 Å². The first-order chi connectivity index (χ1) is 7.70. The van der Waals surface area contributed by atoms with Crippen molar-refractivity contribution in [2.24, 2.45) is 0 Å². The Balaban J connectivity index is 2.32. The van der Waals surface area contributed by atoms with Crippen LogP contribution in [0.2, 0.25) is 0 Å². The normalized spacial score (nSPS) is 10.1. The van der Waals surface area contributed by atoms with Crippen LogP contribution in [0.25, 0.3) is 11.4 Å². The van der Waals surface area contributed by atoms with Crippen molar-refractivity contribution in [1.29, 1.82) is 0 Å². The highest BCUT2D eigenvalue weighted by molar-refractivity contribution is 7.73. The molecule has 0 radical (unpaired) electrons. The molecule has 0 amide bonds. The van der Waals surface area contributed by atoms with Crippen LogP contribution >= 0.6 is 23.8 Å². The molecule has 82 valence electrons. The Labute approximate surface area is 101 Å². The van der Waals surface area contributed by atoms with Crippen molar-refractivity contribution in [2.75, 3.05) is 7.11 Å². The Bertz CT molecular complexity index is 557. The molecule has 0 fully saturated rings. The molecule has 0 aliphatic rings. The Morgan fingerprint density at radius 3 is 2.62 bits per heavy atom. The van der Waals surface area contributed by atoms with Crippen LogP contribution < -0.4 is 0 Å². The fourth-order valence-corrected chi connectivity index (χ4v) is 1.94. The quantitative estimate of drug-likeness (QED) is 0.659. The molecule has 0 aliphatic carbocycles. The van der Waals surface area contributed by atoms with E-state index in [2.05, 4.69) is 14.1 Å². The van der Waals surface area contributed by atoms with E-state index in [0.29, 0.717) is 15.3 Å². The van der Waals surface area contributed by atoms with Gasteiger partial charge in [-0.15, -0.1) is 0 Å². The Kier molecular flexibility index (Phi) is 3.12. The molecule has 0 spiro atoms. The summed E-state index contributed by atoms with van der Waals surface area (Å²) >= 11 is 6.22. The highest BCUT2D eigenvalue weighted by Gasteiger charge is 2.06. The van der Waals surface area contributed by atoms with E-state index in [0.717, 1.165) is 5.56 Å². The summed E-state index contributed by atoms with van der Waals surface area (Å²) in [6, 6.07) is 6.98. The first kappa shape index (κ1) is 11.0. The number of hydrogen-bond acceptors (Lipinski definition) is 5. The number of ether oxygens (including phenoxy) is 1. The minimum atomic E-state index is -0.349. The lowest BCUT2D eigenvalue weighted by atomic mass is 10.1. The predicted octanol–water partition coefficient (Wildman–Crippen LogP) is 2.65. The largest absolute Gasteiger partial charge is 0.465 e. The van der Waals surface area contributed by atoms with Crippen LogP contribution in [0.1, 0.15) is 10.4 Å². The van der Waals surface area contributed by atoms with E-state index in [-0.39, 0.29) is 5.97 Å². The molecule has 6 heteroatoms. The van der Waals surface area contributed by atoms with Crippen LogP contribution in [0.4, 0.5) is 0 Å². The summed E-state index contributed by atoms with van der Waals surface area (Å²) in [6.45, 7) is 0. The summed E-state index contributed by atoms with van der Waals surface area (Å²) in [4.78, 5) is 15.3. The van der Waals surface area contributed by atoms with Crippen molar-refractivity contribution in [3.05, 3.63) is 33.8 Å².